The molecular formula is C14H14FN3O2. The summed E-state index contributed by atoms with van der Waals surface area (Å²) in [7, 11) is 0. The summed E-state index contributed by atoms with van der Waals surface area (Å²) in [4.78, 5) is 13.0. The van der Waals surface area contributed by atoms with Gasteiger partial charge in [-0.25, -0.2) is 13.9 Å². The highest BCUT2D eigenvalue weighted by Crippen LogP contribution is 2.28. The van der Waals surface area contributed by atoms with Crippen LogP contribution in [0.25, 0.3) is 5.69 Å². The molecule has 0 saturated carbocycles. The van der Waals surface area contributed by atoms with Gasteiger partial charge in [-0.2, -0.15) is 5.10 Å². The van der Waals surface area contributed by atoms with Gasteiger partial charge in [-0.1, -0.05) is 0 Å². The fourth-order valence-corrected chi connectivity index (χ4v) is 2.47. The zero-order valence-electron chi connectivity index (χ0n) is 10.8. The first-order chi connectivity index (χ1) is 9.65. The molecule has 0 amide bonds. The van der Waals surface area contributed by atoms with Crippen molar-refractivity contribution in [3.63, 3.8) is 0 Å². The minimum Gasteiger partial charge on any atom is -0.476 e. The number of hydrogen-bond donors (Lipinski definition) is 1. The lowest BCUT2D eigenvalue weighted by Crippen LogP contribution is -2.20. The van der Waals surface area contributed by atoms with E-state index in [0.717, 1.165) is 31.6 Å². The summed E-state index contributed by atoms with van der Waals surface area (Å²) >= 11 is 0. The van der Waals surface area contributed by atoms with Crippen LogP contribution >= 0.6 is 0 Å². The molecule has 0 unspecified atom stereocenters. The van der Waals surface area contributed by atoms with Crippen LogP contribution in [-0.2, 0) is 0 Å². The van der Waals surface area contributed by atoms with Crippen LogP contribution in [0, 0.1) is 5.82 Å². The molecule has 3 rings (SSSR count). The highest BCUT2D eigenvalue weighted by atomic mass is 19.1. The molecule has 6 heteroatoms. The van der Waals surface area contributed by atoms with Crippen LogP contribution in [0.5, 0.6) is 0 Å². The summed E-state index contributed by atoms with van der Waals surface area (Å²) in [5, 5.41) is 12.9. The quantitative estimate of drug-likeness (QED) is 0.933. The van der Waals surface area contributed by atoms with E-state index in [4.69, 9.17) is 5.11 Å². The van der Waals surface area contributed by atoms with Crippen LogP contribution in [0.2, 0.25) is 0 Å². The number of benzene rings is 1. The van der Waals surface area contributed by atoms with Crippen LogP contribution < -0.4 is 4.90 Å². The number of carboxylic acids is 1. The molecule has 1 aliphatic heterocycles. The van der Waals surface area contributed by atoms with E-state index in [1.807, 2.05) is 0 Å². The minimum absolute atomic E-state index is 0.0262. The van der Waals surface area contributed by atoms with Crippen LogP contribution in [-0.4, -0.2) is 33.9 Å². The Bertz CT molecular complexity index is 648. The Labute approximate surface area is 115 Å². The molecule has 104 valence electrons. The van der Waals surface area contributed by atoms with E-state index in [1.165, 1.54) is 22.9 Å². The largest absolute Gasteiger partial charge is 0.476 e. The predicted molar refractivity (Wildman–Crippen MR) is 71.9 cm³/mol. The van der Waals surface area contributed by atoms with Gasteiger partial charge >= 0.3 is 5.97 Å². The molecular weight excluding hydrogens is 261 g/mol. The molecule has 0 spiro atoms. The molecule has 20 heavy (non-hydrogen) atoms. The lowest BCUT2D eigenvalue weighted by molar-refractivity contribution is 0.0690. The first kappa shape index (κ1) is 12.7. The Balaban J connectivity index is 2.05. The van der Waals surface area contributed by atoms with Crippen LogP contribution in [0.15, 0.2) is 30.5 Å². The second kappa shape index (κ2) is 4.96. The molecule has 0 radical (unpaired) electrons. The molecule has 1 aromatic heterocycles. The Hall–Kier alpha value is -2.37. The van der Waals surface area contributed by atoms with Crippen molar-refractivity contribution in [3.8, 4) is 5.69 Å². The van der Waals surface area contributed by atoms with Gasteiger partial charge in [-0.05, 0) is 37.1 Å². The molecule has 0 atom stereocenters. The van der Waals surface area contributed by atoms with Crippen molar-refractivity contribution in [2.24, 2.45) is 0 Å². The predicted octanol–water partition coefficient (Wildman–Crippen LogP) is 2.31. The molecule has 2 aromatic rings. The molecule has 1 aromatic carbocycles. The molecule has 2 heterocycles. The van der Waals surface area contributed by atoms with E-state index in [-0.39, 0.29) is 11.5 Å². The van der Waals surface area contributed by atoms with Crippen molar-refractivity contribution in [1.29, 1.82) is 0 Å². The Morgan fingerprint density at radius 3 is 2.60 bits per heavy atom. The molecule has 1 N–H and O–H groups in total. The molecule has 1 saturated heterocycles. The van der Waals surface area contributed by atoms with E-state index >= 15 is 0 Å². The first-order valence-corrected chi connectivity index (χ1v) is 6.49. The van der Waals surface area contributed by atoms with Gasteiger partial charge < -0.3 is 10.0 Å². The van der Waals surface area contributed by atoms with Crippen molar-refractivity contribution in [3.05, 3.63) is 42.0 Å². The topological polar surface area (TPSA) is 58.4 Å². The summed E-state index contributed by atoms with van der Waals surface area (Å²) in [5.74, 6) is -1.38. The number of aromatic nitrogens is 2. The van der Waals surface area contributed by atoms with Gasteiger partial charge in [0.2, 0.25) is 0 Å². The zero-order valence-corrected chi connectivity index (χ0v) is 10.8. The maximum Gasteiger partial charge on any atom is 0.356 e. The van der Waals surface area contributed by atoms with Crippen molar-refractivity contribution < 1.29 is 14.3 Å². The Kier molecular flexibility index (Phi) is 3.14. The number of aromatic carboxylic acids is 1. The normalized spacial score (nSPS) is 14.8. The van der Waals surface area contributed by atoms with E-state index in [9.17, 15) is 9.18 Å². The fourth-order valence-electron chi connectivity index (χ4n) is 2.47. The Morgan fingerprint density at radius 2 is 1.95 bits per heavy atom. The summed E-state index contributed by atoms with van der Waals surface area (Å²) in [6.45, 7) is 1.76. The maximum atomic E-state index is 13.5. The van der Waals surface area contributed by atoms with Crippen LogP contribution in [0.1, 0.15) is 23.3 Å². The van der Waals surface area contributed by atoms with Crippen LogP contribution in [0.4, 0.5) is 10.1 Å². The van der Waals surface area contributed by atoms with Crippen molar-refractivity contribution in [1.82, 2.24) is 9.78 Å². The second-order valence-electron chi connectivity index (χ2n) is 4.78. The Morgan fingerprint density at radius 1 is 1.20 bits per heavy atom. The number of hydrogen-bond acceptors (Lipinski definition) is 3. The smallest absolute Gasteiger partial charge is 0.356 e. The van der Waals surface area contributed by atoms with Gasteiger partial charge in [0.15, 0.2) is 5.69 Å². The van der Waals surface area contributed by atoms with Crippen molar-refractivity contribution >= 4 is 11.7 Å². The number of nitrogens with zero attached hydrogens (tertiary/aromatic N) is 3. The zero-order chi connectivity index (χ0) is 14.1. The summed E-state index contributed by atoms with van der Waals surface area (Å²) in [5.41, 5.74) is 1.42. The van der Waals surface area contributed by atoms with Gasteiger partial charge in [0.25, 0.3) is 0 Å². The lowest BCUT2D eigenvalue weighted by Gasteiger charge is -2.21. The fraction of sp³-hybridized carbons (Fsp3) is 0.286. The van der Waals surface area contributed by atoms with Gasteiger partial charge in [0.1, 0.15) is 5.82 Å². The van der Waals surface area contributed by atoms with Crippen molar-refractivity contribution in [2.75, 3.05) is 18.0 Å². The average Bonchev–Trinajstić information content (AvgIpc) is 3.10. The van der Waals surface area contributed by atoms with Gasteiger partial charge in [0.05, 0.1) is 11.4 Å². The third-order valence-electron chi connectivity index (χ3n) is 3.44. The number of carbonyl (C=O) groups is 1. The standard InChI is InChI=1S/C14H14FN3O2/c15-10-3-4-12(13(9-10)17-6-1-2-7-17)18-8-5-11(16-18)14(19)20/h3-5,8-9H,1-2,6-7H2,(H,19,20). The van der Waals surface area contributed by atoms with E-state index in [1.54, 1.807) is 12.3 Å². The van der Waals surface area contributed by atoms with Gasteiger partial charge in [-0.15, -0.1) is 0 Å². The van der Waals surface area contributed by atoms with E-state index in [0.29, 0.717) is 5.69 Å². The number of carboxylic acid groups (broad SMARTS) is 1. The highest BCUT2D eigenvalue weighted by Gasteiger charge is 2.18. The van der Waals surface area contributed by atoms with E-state index in [2.05, 4.69) is 10.00 Å². The molecule has 0 aliphatic carbocycles. The summed E-state index contributed by atoms with van der Waals surface area (Å²) < 4.78 is 15.0. The summed E-state index contributed by atoms with van der Waals surface area (Å²) in [6, 6.07) is 5.89. The number of anilines is 1. The molecule has 1 fully saturated rings. The average molecular weight is 275 g/mol. The van der Waals surface area contributed by atoms with Gasteiger partial charge in [-0.3, -0.25) is 0 Å². The SMILES string of the molecule is O=C(O)c1ccn(-c2ccc(F)cc2N2CCCC2)n1. The van der Waals surface area contributed by atoms with E-state index < -0.39 is 5.97 Å². The third-order valence-corrected chi connectivity index (χ3v) is 3.44. The highest BCUT2D eigenvalue weighted by molar-refractivity contribution is 5.85. The number of halogens is 1. The monoisotopic (exact) mass is 275 g/mol. The maximum absolute atomic E-state index is 13.5. The van der Waals surface area contributed by atoms with Gasteiger partial charge in [0, 0.05) is 19.3 Å². The van der Waals surface area contributed by atoms with Crippen LogP contribution in [0.3, 0.4) is 0 Å². The first-order valence-electron chi connectivity index (χ1n) is 6.49. The molecule has 5 nitrogen and oxygen atoms in total. The number of rotatable bonds is 3. The van der Waals surface area contributed by atoms with Crippen molar-refractivity contribution in [2.45, 2.75) is 12.8 Å². The minimum atomic E-state index is -1.08. The molecule has 1 aliphatic rings. The second-order valence-corrected chi connectivity index (χ2v) is 4.78. The third kappa shape index (κ3) is 2.24. The molecule has 0 bridgehead atoms. The summed E-state index contributed by atoms with van der Waals surface area (Å²) in [6.07, 6.45) is 3.74. The lowest BCUT2D eigenvalue weighted by atomic mass is 10.2.